The summed E-state index contributed by atoms with van der Waals surface area (Å²) in [5, 5.41) is 0. The highest BCUT2D eigenvalue weighted by molar-refractivity contribution is 9.12. The van der Waals surface area contributed by atoms with Gasteiger partial charge in [0.15, 0.2) is 0 Å². The van der Waals surface area contributed by atoms with Crippen LogP contribution in [0.2, 0.25) is 0 Å². The third kappa shape index (κ3) is 2.17. The lowest BCUT2D eigenvalue weighted by Gasteiger charge is -2.29. The summed E-state index contributed by atoms with van der Waals surface area (Å²) < 4.78 is 0. The Morgan fingerprint density at radius 3 is 1.84 bits per heavy atom. The van der Waals surface area contributed by atoms with Crippen molar-refractivity contribution in [2.24, 2.45) is 11.8 Å². The molecule has 1 aliphatic carbocycles. The maximum atomic E-state index is 12.5. The van der Waals surface area contributed by atoms with Crippen LogP contribution >= 0.6 is 31.9 Å². The van der Waals surface area contributed by atoms with Crippen molar-refractivity contribution < 1.29 is 9.59 Å². The summed E-state index contributed by atoms with van der Waals surface area (Å²) in [6.07, 6.45) is 1.43. The number of benzene rings is 1. The van der Waals surface area contributed by atoms with Crippen LogP contribution in [0.4, 0.5) is 5.69 Å². The number of anilines is 1. The number of hydrogen-bond acceptors (Lipinski definition) is 2. The van der Waals surface area contributed by atoms with Gasteiger partial charge in [0.25, 0.3) is 0 Å². The van der Waals surface area contributed by atoms with Crippen molar-refractivity contribution in [3.63, 3.8) is 0 Å². The molecule has 0 N–H and O–H groups in total. The molecule has 1 saturated carbocycles. The molecule has 2 fully saturated rings. The van der Waals surface area contributed by atoms with Crippen LogP contribution in [0.25, 0.3) is 0 Å². The molecule has 1 saturated heterocycles. The Hall–Kier alpha value is -0.680. The molecule has 1 aromatic carbocycles. The van der Waals surface area contributed by atoms with Gasteiger partial charge < -0.3 is 0 Å². The normalized spacial score (nSPS) is 34.5. The molecule has 0 radical (unpaired) electrons. The van der Waals surface area contributed by atoms with Gasteiger partial charge in [-0.25, -0.2) is 0 Å². The summed E-state index contributed by atoms with van der Waals surface area (Å²) in [5.74, 6) is -0.452. The number of nitrogens with zero attached hydrogens (tertiary/aromatic N) is 1. The highest BCUT2D eigenvalue weighted by Gasteiger charge is 2.52. The van der Waals surface area contributed by atoms with Crippen LogP contribution in [0.3, 0.4) is 0 Å². The minimum absolute atomic E-state index is 0.0509. The van der Waals surface area contributed by atoms with Crippen LogP contribution in [0.15, 0.2) is 30.3 Å². The number of hydrogen-bond donors (Lipinski definition) is 0. The van der Waals surface area contributed by atoms with E-state index in [-0.39, 0.29) is 33.3 Å². The molecular formula is C14H13Br2NO2. The summed E-state index contributed by atoms with van der Waals surface area (Å²) in [6.45, 7) is 0. The molecule has 0 bridgehead atoms. The monoisotopic (exact) mass is 385 g/mol. The molecule has 2 amide bonds. The van der Waals surface area contributed by atoms with Gasteiger partial charge in [-0.1, -0.05) is 50.1 Å². The van der Waals surface area contributed by atoms with Crippen LogP contribution in [-0.4, -0.2) is 21.5 Å². The van der Waals surface area contributed by atoms with Crippen LogP contribution in [0, 0.1) is 11.8 Å². The molecule has 2 aliphatic rings. The van der Waals surface area contributed by atoms with E-state index in [9.17, 15) is 9.59 Å². The van der Waals surface area contributed by atoms with E-state index in [2.05, 4.69) is 31.9 Å². The van der Waals surface area contributed by atoms with E-state index in [1.54, 1.807) is 0 Å². The second kappa shape index (κ2) is 5.02. The lowest BCUT2D eigenvalue weighted by Crippen LogP contribution is -2.34. The van der Waals surface area contributed by atoms with E-state index >= 15 is 0 Å². The number of para-hydroxylation sites is 1. The Morgan fingerprint density at radius 2 is 1.37 bits per heavy atom. The van der Waals surface area contributed by atoms with Crippen LogP contribution < -0.4 is 4.90 Å². The Morgan fingerprint density at radius 1 is 0.895 bits per heavy atom. The molecule has 19 heavy (non-hydrogen) atoms. The van der Waals surface area contributed by atoms with Gasteiger partial charge in [0.1, 0.15) is 0 Å². The van der Waals surface area contributed by atoms with Crippen molar-refractivity contribution in [1.82, 2.24) is 0 Å². The average Bonchev–Trinajstić information content (AvgIpc) is 2.64. The Kier molecular flexibility index (Phi) is 3.52. The molecule has 4 atom stereocenters. The third-order valence-corrected chi connectivity index (χ3v) is 6.66. The zero-order valence-electron chi connectivity index (χ0n) is 10.1. The minimum atomic E-state index is -0.175. The number of rotatable bonds is 1. The number of amides is 2. The van der Waals surface area contributed by atoms with E-state index < -0.39 is 0 Å². The molecule has 0 unspecified atom stereocenters. The van der Waals surface area contributed by atoms with E-state index in [1.165, 1.54) is 4.90 Å². The first-order chi connectivity index (χ1) is 9.09. The molecule has 3 nitrogen and oxygen atoms in total. The topological polar surface area (TPSA) is 37.4 Å². The van der Waals surface area contributed by atoms with Gasteiger partial charge in [-0.3, -0.25) is 14.5 Å². The van der Waals surface area contributed by atoms with Gasteiger partial charge in [-0.15, -0.1) is 0 Å². The first kappa shape index (κ1) is 13.3. The van der Waals surface area contributed by atoms with E-state index in [0.29, 0.717) is 18.5 Å². The van der Waals surface area contributed by atoms with E-state index in [4.69, 9.17) is 0 Å². The van der Waals surface area contributed by atoms with Gasteiger partial charge in [-0.05, 0) is 25.0 Å². The maximum Gasteiger partial charge on any atom is 0.237 e. The molecule has 3 rings (SSSR count). The highest BCUT2D eigenvalue weighted by Crippen LogP contribution is 2.44. The maximum absolute atomic E-state index is 12.5. The molecule has 1 aliphatic heterocycles. The van der Waals surface area contributed by atoms with Gasteiger partial charge in [0.2, 0.25) is 11.8 Å². The average molecular weight is 387 g/mol. The number of alkyl halides is 2. The number of carbonyl (C=O) groups is 2. The molecule has 0 spiro atoms. The Balaban J connectivity index is 1.94. The van der Waals surface area contributed by atoms with Crippen molar-refractivity contribution in [2.45, 2.75) is 22.5 Å². The number of halogens is 2. The number of fused-ring (bicyclic) bond motifs is 1. The highest BCUT2D eigenvalue weighted by atomic mass is 79.9. The summed E-state index contributed by atoms with van der Waals surface area (Å²) in [5.41, 5.74) is 0.684. The fourth-order valence-electron chi connectivity index (χ4n) is 2.93. The van der Waals surface area contributed by atoms with Crippen molar-refractivity contribution in [1.29, 1.82) is 0 Å². The van der Waals surface area contributed by atoms with Crippen LogP contribution in [0.1, 0.15) is 12.8 Å². The zero-order valence-corrected chi connectivity index (χ0v) is 13.3. The minimum Gasteiger partial charge on any atom is -0.274 e. The van der Waals surface area contributed by atoms with Crippen molar-refractivity contribution in [3.05, 3.63) is 30.3 Å². The molecular weight excluding hydrogens is 374 g/mol. The molecule has 5 heteroatoms. The second-order valence-electron chi connectivity index (χ2n) is 5.06. The summed E-state index contributed by atoms with van der Waals surface area (Å²) in [4.78, 5) is 26.8. The summed E-state index contributed by atoms with van der Waals surface area (Å²) in [7, 11) is 0. The lowest BCUT2D eigenvalue weighted by molar-refractivity contribution is -0.122. The van der Waals surface area contributed by atoms with Gasteiger partial charge in [0.05, 0.1) is 17.5 Å². The summed E-state index contributed by atoms with van der Waals surface area (Å²) in [6, 6.07) is 9.19. The van der Waals surface area contributed by atoms with E-state index in [0.717, 1.165) is 0 Å². The van der Waals surface area contributed by atoms with Gasteiger partial charge in [-0.2, -0.15) is 0 Å². The largest absolute Gasteiger partial charge is 0.274 e. The van der Waals surface area contributed by atoms with Crippen molar-refractivity contribution in [3.8, 4) is 0 Å². The standard InChI is InChI=1S/C14H13Br2NO2/c15-11-6-9-10(7-12(11)16)14(19)17(13(9)18)8-4-2-1-3-5-8/h1-5,9-12H,6-7H2/t9-,10-,11+,12+/m1/s1. The second-order valence-corrected chi connectivity index (χ2v) is 7.42. The smallest absolute Gasteiger partial charge is 0.237 e. The van der Waals surface area contributed by atoms with Gasteiger partial charge >= 0.3 is 0 Å². The van der Waals surface area contributed by atoms with Crippen LogP contribution in [-0.2, 0) is 9.59 Å². The number of imide groups is 1. The fraction of sp³-hybridized carbons (Fsp3) is 0.429. The molecule has 1 heterocycles. The predicted molar refractivity (Wildman–Crippen MR) is 80.6 cm³/mol. The summed E-state index contributed by atoms with van der Waals surface area (Å²) >= 11 is 7.17. The quantitative estimate of drug-likeness (QED) is 0.549. The third-order valence-electron chi connectivity index (χ3n) is 3.93. The zero-order chi connectivity index (χ0) is 13.6. The fourth-order valence-corrected chi connectivity index (χ4v) is 4.16. The van der Waals surface area contributed by atoms with E-state index in [1.807, 2.05) is 30.3 Å². The molecule has 100 valence electrons. The van der Waals surface area contributed by atoms with Gasteiger partial charge in [0, 0.05) is 9.65 Å². The predicted octanol–water partition coefficient (Wildman–Crippen LogP) is 3.11. The SMILES string of the molecule is O=C1[C@@H]2C[C@H](Br)[C@@H](Br)C[C@H]2C(=O)N1c1ccccc1. The van der Waals surface area contributed by atoms with Crippen LogP contribution in [0.5, 0.6) is 0 Å². The first-order valence-electron chi connectivity index (χ1n) is 6.30. The first-order valence-corrected chi connectivity index (χ1v) is 8.13. The Bertz CT molecular complexity index is 491. The molecule has 0 aromatic heterocycles. The molecule has 1 aromatic rings. The van der Waals surface area contributed by atoms with Crippen molar-refractivity contribution >= 4 is 49.4 Å². The Labute approximate surface area is 128 Å². The van der Waals surface area contributed by atoms with Crippen molar-refractivity contribution in [2.75, 3.05) is 4.90 Å². The number of carbonyl (C=O) groups excluding carboxylic acids is 2. The lowest BCUT2D eigenvalue weighted by atomic mass is 9.81.